The Bertz CT molecular complexity index is 683. The molecule has 0 unspecified atom stereocenters. The van der Waals surface area contributed by atoms with Crippen LogP contribution in [0.5, 0.6) is 11.5 Å². The minimum absolute atomic E-state index is 0.357. The molecule has 20 heavy (non-hydrogen) atoms. The molecule has 2 aromatic rings. The van der Waals surface area contributed by atoms with Crippen molar-refractivity contribution in [3.63, 3.8) is 0 Å². The second-order valence-electron chi connectivity index (χ2n) is 4.66. The summed E-state index contributed by atoms with van der Waals surface area (Å²) in [5.74, 6) is 1.73. The van der Waals surface area contributed by atoms with E-state index in [4.69, 9.17) is 14.7 Å². The van der Waals surface area contributed by atoms with Crippen LogP contribution in [0.3, 0.4) is 0 Å². The number of nitriles is 1. The summed E-state index contributed by atoms with van der Waals surface area (Å²) in [5.41, 5.74) is 1.99. The first-order valence-electron chi connectivity index (χ1n) is 6.36. The monoisotopic (exact) mass is 270 g/mol. The van der Waals surface area contributed by atoms with Crippen molar-refractivity contribution in [1.82, 2.24) is 15.0 Å². The molecule has 1 saturated carbocycles. The standard InChI is InChI=1S/C14H14N4O2/c1-19-10-5-6-13(20-2)12(7-10)18-14(9-3-4-9)11(8-15)16-17-18/h5-7,9H,3-4H2,1-2H3. The highest BCUT2D eigenvalue weighted by Gasteiger charge is 2.32. The van der Waals surface area contributed by atoms with Crippen LogP contribution in [-0.4, -0.2) is 29.2 Å². The van der Waals surface area contributed by atoms with E-state index in [1.807, 2.05) is 18.2 Å². The maximum absolute atomic E-state index is 9.16. The first kappa shape index (κ1) is 12.5. The van der Waals surface area contributed by atoms with E-state index >= 15 is 0 Å². The maximum atomic E-state index is 9.16. The number of nitrogens with zero attached hydrogens (tertiary/aromatic N) is 4. The molecule has 6 nitrogen and oxygen atoms in total. The first-order chi connectivity index (χ1) is 9.78. The SMILES string of the molecule is COc1ccc(OC)c(-n2nnc(C#N)c2C2CC2)c1. The molecule has 3 rings (SSSR count). The first-order valence-corrected chi connectivity index (χ1v) is 6.36. The number of hydrogen-bond acceptors (Lipinski definition) is 5. The average Bonchev–Trinajstić information content (AvgIpc) is 3.25. The van der Waals surface area contributed by atoms with Gasteiger partial charge >= 0.3 is 0 Å². The third kappa shape index (κ3) is 1.97. The molecule has 0 saturated heterocycles. The molecule has 102 valence electrons. The lowest BCUT2D eigenvalue weighted by Gasteiger charge is -2.12. The molecule has 1 aromatic heterocycles. The van der Waals surface area contributed by atoms with Gasteiger partial charge in [-0.1, -0.05) is 5.21 Å². The van der Waals surface area contributed by atoms with Gasteiger partial charge in [-0.25, -0.2) is 4.68 Å². The van der Waals surface area contributed by atoms with E-state index in [2.05, 4.69) is 16.4 Å². The summed E-state index contributed by atoms with van der Waals surface area (Å²) in [5, 5.41) is 17.2. The highest BCUT2D eigenvalue weighted by atomic mass is 16.5. The fourth-order valence-corrected chi connectivity index (χ4v) is 2.23. The summed E-state index contributed by atoms with van der Waals surface area (Å²) in [6, 6.07) is 7.58. The Morgan fingerprint density at radius 2 is 2.10 bits per heavy atom. The largest absolute Gasteiger partial charge is 0.497 e. The van der Waals surface area contributed by atoms with Gasteiger partial charge in [-0.15, -0.1) is 5.10 Å². The smallest absolute Gasteiger partial charge is 0.186 e. The van der Waals surface area contributed by atoms with Gasteiger partial charge in [-0.3, -0.25) is 0 Å². The molecule has 0 aliphatic heterocycles. The number of hydrogen-bond donors (Lipinski definition) is 0. The van der Waals surface area contributed by atoms with Crippen LogP contribution in [0.15, 0.2) is 18.2 Å². The van der Waals surface area contributed by atoms with Crippen LogP contribution in [0, 0.1) is 11.3 Å². The quantitative estimate of drug-likeness (QED) is 0.850. The van der Waals surface area contributed by atoms with Gasteiger partial charge < -0.3 is 9.47 Å². The predicted octanol–water partition coefficient (Wildman–Crippen LogP) is 2.03. The lowest BCUT2D eigenvalue weighted by molar-refractivity contribution is 0.400. The minimum Gasteiger partial charge on any atom is -0.497 e. The van der Waals surface area contributed by atoms with Gasteiger partial charge in [0.25, 0.3) is 0 Å². The molecule has 1 aromatic carbocycles. The Morgan fingerprint density at radius 3 is 2.70 bits per heavy atom. The predicted molar refractivity (Wildman–Crippen MR) is 71.2 cm³/mol. The highest BCUT2D eigenvalue weighted by molar-refractivity contribution is 5.52. The Balaban J connectivity index is 2.18. The molecule has 0 atom stereocenters. The second-order valence-corrected chi connectivity index (χ2v) is 4.66. The van der Waals surface area contributed by atoms with Crippen molar-refractivity contribution in [3.05, 3.63) is 29.6 Å². The van der Waals surface area contributed by atoms with E-state index in [9.17, 15) is 0 Å². The number of ether oxygens (including phenoxy) is 2. The van der Waals surface area contributed by atoms with E-state index in [1.54, 1.807) is 18.9 Å². The highest BCUT2D eigenvalue weighted by Crippen LogP contribution is 2.42. The fourth-order valence-electron chi connectivity index (χ4n) is 2.23. The van der Waals surface area contributed by atoms with Gasteiger partial charge in [0.2, 0.25) is 0 Å². The molecule has 0 bridgehead atoms. The third-order valence-electron chi connectivity index (χ3n) is 3.39. The van der Waals surface area contributed by atoms with Crippen molar-refractivity contribution in [3.8, 4) is 23.3 Å². The number of aromatic nitrogens is 3. The zero-order valence-corrected chi connectivity index (χ0v) is 11.3. The molecular formula is C14H14N4O2. The molecule has 1 heterocycles. The Morgan fingerprint density at radius 1 is 1.30 bits per heavy atom. The van der Waals surface area contributed by atoms with E-state index in [0.29, 0.717) is 23.1 Å². The van der Waals surface area contributed by atoms with Crippen LogP contribution in [0.25, 0.3) is 5.69 Å². The van der Waals surface area contributed by atoms with Gasteiger partial charge in [0, 0.05) is 12.0 Å². The number of benzene rings is 1. The van der Waals surface area contributed by atoms with Crippen LogP contribution >= 0.6 is 0 Å². The number of rotatable bonds is 4. The van der Waals surface area contributed by atoms with Crippen LogP contribution in [-0.2, 0) is 0 Å². The van der Waals surface area contributed by atoms with E-state index in [0.717, 1.165) is 24.2 Å². The summed E-state index contributed by atoms with van der Waals surface area (Å²) >= 11 is 0. The summed E-state index contributed by atoms with van der Waals surface area (Å²) in [6.07, 6.45) is 2.13. The van der Waals surface area contributed by atoms with E-state index < -0.39 is 0 Å². The van der Waals surface area contributed by atoms with Crippen LogP contribution in [0.4, 0.5) is 0 Å². The normalized spacial score (nSPS) is 13.8. The van der Waals surface area contributed by atoms with Crippen LogP contribution < -0.4 is 9.47 Å². The molecule has 1 fully saturated rings. The van der Waals surface area contributed by atoms with Crippen LogP contribution in [0.2, 0.25) is 0 Å². The van der Waals surface area contributed by atoms with E-state index in [1.165, 1.54) is 0 Å². The Hall–Kier alpha value is -2.55. The molecule has 0 amide bonds. The van der Waals surface area contributed by atoms with Crippen molar-refractivity contribution in [1.29, 1.82) is 5.26 Å². The molecule has 1 aliphatic rings. The summed E-state index contributed by atoms with van der Waals surface area (Å²) in [6.45, 7) is 0. The molecule has 0 radical (unpaired) electrons. The molecule has 1 aliphatic carbocycles. The summed E-state index contributed by atoms with van der Waals surface area (Å²) < 4.78 is 12.3. The van der Waals surface area contributed by atoms with Gasteiger partial charge in [0.05, 0.1) is 19.9 Å². The maximum Gasteiger partial charge on any atom is 0.186 e. The van der Waals surface area contributed by atoms with Gasteiger partial charge in [0.1, 0.15) is 23.3 Å². The van der Waals surface area contributed by atoms with Crippen molar-refractivity contribution in [2.24, 2.45) is 0 Å². The minimum atomic E-state index is 0.357. The lowest BCUT2D eigenvalue weighted by Crippen LogP contribution is -2.05. The Labute approximate surface area is 116 Å². The molecule has 0 N–H and O–H groups in total. The average molecular weight is 270 g/mol. The Kier molecular flexibility index (Phi) is 3.03. The third-order valence-corrected chi connectivity index (χ3v) is 3.39. The fraction of sp³-hybridized carbons (Fsp3) is 0.357. The molecule has 6 heteroatoms. The van der Waals surface area contributed by atoms with Crippen molar-refractivity contribution in [2.45, 2.75) is 18.8 Å². The lowest BCUT2D eigenvalue weighted by atomic mass is 10.2. The topological polar surface area (TPSA) is 73.0 Å². The van der Waals surface area contributed by atoms with Gasteiger partial charge in [-0.05, 0) is 25.0 Å². The zero-order chi connectivity index (χ0) is 14.1. The van der Waals surface area contributed by atoms with Crippen molar-refractivity contribution in [2.75, 3.05) is 14.2 Å². The second kappa shape index (κ2) is 4.85. The van der Waals surface area contributed by atoms with E-state index in [-0.39, 0.29) is 0 Å². The van der Waals surface area contributed by atoms with Gasteiger partial charge in [0.15, 0.2) is 5.69 Å². The van der Waals surface area contributed by atoms with Crippen molar-refractivity contribution >= 4 is 0 Å². The zero-order valence-electron chi connectivity index (χ0n) is 11.3. The summed E-state index contributed by atoms with van der Waals surface area (Å²) in [4.78, 5) is 0. The van der Waals surface area contributed by atoms with Crippen molar-refractivity contribution < 1.29 is 9.47 Å². The summed E-state index contributed by atoms with van der Waals surface area (Å²) in [7, 11) is 3.21. The van der Waals surface area contributed by atoms with Crippen LogP contribution in [0.1, 0.15) is 30.1 Å². The van der Waals surface area contributed by atoms with Gasteiger partial charge in [-0.2, -0.15) is 5.26 Å². The molecular weight excluding hydrogens is 256 g/mol. The molecule has 0 spiro atoms. The number of methoxy groups -OCH3 is 2.